The van der Waals surface area contributed by atoms with Crippen molar-refractivity contribution in [1.82, 2.24) is 0 Å². The number of aliphatic imine (C=N–C) groups is 2. The average molecular weight is 278 g/mol. The van der Waals surface area contributed by atoms with Crippen LogP contribution in [-0.4, -0.2) is 25.0 Å². The number of benzene rings is 2. The van der Waals surface area contributed by atoms with E-state index in [9.17, 15) is 9.59 Å². The monoisotopic (exact) mass is 278 g/mol. The summed E-state index contributed by atoms with van der Waals surface area (Å²) >= 11 is 0. The summed E-state index contributed by atoms with van der Waals surface area (Å²) in [5.41, 5.74) is 3.67. The molecule has 0 amide bonds. The topological polar surface area (TPSA) is 58.9 Å². The maximum atomic E-state index is 10.4. The van der Waals surface area contributed by atoms with Crippen LogP contribution in [0.1, 0.15) is 11.1 Å². The molecule has 0 aliphatic carbocycles. The summed E-state index contributed by atoms with van der Waals surface area (Å²) in [5.74, 6) is 0. The van der Waals surface area contributed by atoms with Gasteiger partial charge in [-0.2, -0.15) is 0 Å². The van der Waals surface area contributed by atoms with E-state index in [0.29, 0.717) is 19.0 Å². The second kappa shape index (κ2) is 7.65. The van der Waals surface area contributed by atoms with Gasteiger partial charge in [-0.05, 0) is 35.7 Å². The molecule has 0 spiro atoms. The largest absolute Gasteiger partial charge is 0.297 e. The first-order valence-corrected chi connectivity index (χ1v) is 6.46. The fraction of sp³-hybridized carbons (Fsp3) is 0.0588. The van der Waals surface area contributed by atoms with Crippen LogP contribution in [0.25, 0.3) is 0 Å². The number of hydrogen-bond acceptors (Lipinski definition) is 4. The molecule has 2 rings (SSSR count). The Hall–Kier alpha value is -2.88. The molecule has 4 heteroatoms. The maximum absolute atomic E-state index is 10.4. The zero-order valence-corrected chi connectivity index (χ0v) is 11.3. The van der Waals surface area contributed by atoms with Crippen molar-refractivity contribution < 1.29 is 9.59 Å². The van der Waals surface area contributed by atoms with Crippen molar-refractivity contribution in [3.8, 4) is 0 Å². The molecule has 0 fully saturated rings. The first kappa shape index (κ1) is 14.5. The zero-order chi connectivity index (χ0) is 14.9. The number of hydrogen-bond donors (Lipinski definition) is 0. The zero-order valence-electron chi connectivity index (χ0n) is 11.3. The van der Waals surface area contributed by atoms with E-state index in [4.69, 9.17) is 0 Å². The van der Waals surface area contributed by atoms with Crippen LogP contribution in [0.4, 0.5) is 11.4 Å². The minimum atomic E-state index is 0.648. The highest BCUT2D eigenvalue weighted by Gasteiger charge is 2.02. The predicted molar refractivity (Wildman–Crippen MR) is 84.1 cm³/mol. The summed E-state index contributed by atoms with van der Waals surface area (Å²) in [6.07, 6.45) is 4.49. The fourth-order valence-corrected chi connectivity index (χ4v) is 1.93. The molecule has 0 aliphatic heterocycles. The van der Waals surface area contributed by atoms with Crippen molar-refractivity contribution in [3.63, 3.8) is 0 Å². The van der Waals surface area contributed by atoms with Gasteiger partial charge in [0.25, 0.3) is 0 Å². The Balaban J connectivity index is 2.18. The van der Waals surface area contributed by atoms with Crippen LogP contribution in [0.15, 0.2) is 58.5 Å². The third kappa shape index (κ3) is 4.31. The molecule has 0 heterocycles. The molecular weight excluding hydrogens is 264 g/mol. The van der Waals surface area contributed by atoms with Gasteiger partial charge in [0.1, 0.15) is 0 Å². The SMILES string of the molecule is O=CC=Nc1ccc(Cc2ccccc2N=CC=O)cc1. The molecule has 0 unspecified atom stereocenters. The van der Waals surface area contributed by atoms with E-state index < -0.39 is 0 Å². The minimum absolute atomic E-state index is 0.648. The molecule has 0 aliphatic rings. The lowest BCUT2D eigenvalue weighted by molar-refractivity contribution is -0.103. The third-order valence-corrected chi connectivity index (χ3v) is 2.88. The Bertz CT molecular complexity index is 673. The van der Waals surface area contributed by atoms with Gasteiger partial charge in [0.05, 0.1) is 23.8 Å². The van der Waals surface area contributed by atoms with E-state index in [-0.39, 0.29) is 0 Å². The molecule has 0 N–H and O–H groups in total. The van der Waals surface area contributed by atoms with Crippen molar-refractivity contribution in [1.29, 1.82) is 0 Å². The van der Waals surface area contributed by atoms with E-state index >= 15 is 0 Å². The molecule has 2 aromatic rings. The van der Waals surface area contributed by atoms with Gasteiger partial charge in [-0.1, -0.05) is 30.3 Å². The minimum Gasteiger partial charge on any atom is -0.297 e. The lowest BCUT2D eigenvalue weighted by Gasteiger charge is -2.05. The van der Waals surface area contributed by atoms with Crippen LogP contribution < -0.4 is 0 Å². The summed E-state index contributed by atoms with van der Waals surface area (Å²) in [7, 11) is 0. The first-order chi connectivity index (χ1) is 10.3. The Morgan fingerprint density at radius 3 is 2.19 bits per heavy atom. The summed E-state index contributed by atoms with van der Waals surface area (Å²) in [5, 5.41) is 0. The quantitative estimate of drug-likeness (QED) is 0.602. The molecule has 0 radical (unpaired) electrons. The summed E-state index contributed by atoms with van der Waals surface area (Å²) in [6.45, 7) is 0. The predicted octanol–water partition coefficient (Wildman–Crippen LogP) is 3.08. The highest BCUT2D eigenvalue weighted by molar-refractivity contribution is 6.14. The Labute approximate surface area is 122 Å². The van der Waals surface area contributed by atoms with Gasteiger partial charge in [0.2, 0.25) is 0 Å². The normalized spacial score (nSPS) is 11.0. The second-order valence-electron chi connectivity index (χ2n) is 4.30. The van der Waals surface area contributed by atoms with Crippen molar-refractivity contribution in [2.24, 2.45) is 9.98 Å². The highest BCUT2D eigenvalue weighted by Crippen LogP contribution is 2.22. The maximum Gasteiger partial charge on any atom is 0.161 e. The van der Waals surface area contributed by atoms with Crippen LogP contribution in [0.2, 0.25) is 0 Å². The van der Waals surface area contributed by atoms with E-state index in [1.165, 1.54) is 12.4 Å². The average Bonchev–Trinajstić information content (AvgIpc) is 2.53. The molecule has 0 saturated carbocycles. The van der Waals surface area contributed by atoms with Gasteiger partial charge in [0, 0.05) is 0 Å². The lowest BCUT2D eigenvalue weighted by atomic mass is 10.0. The van der Waals surface area contributed by atoms with Crippen LogP contribution in [-0.2, 0) is 16.0 Å². The lowest BCUT2D eigenvalue weighted by Crippen LogP contribution is -1.89. The Kier molecular flexibility index (Phi) is 5.29. The number of carbonyl (C=O) groups excluding carboxylic acids is 2. The number of carbonyl (C=O) groups is 2. The van der Waals surface area contributed by atoms with Gasteiger partial charge in [0.15, 0.2) is 12.6 Å². The van der Waals surface area contributed by atoms with Crippen molar-refractivity contribution in [3.05, 3.63) is 59.7 Å². The third-order valence-electron chi connectivity index (χ3n) is 2.88. The van der Waals surface area contributed by atoms with Crippen molar-refractivity contribution >= 4 is 36.4 Å². The number of aldehydes is 2. The van der Waals surface area contributed by atoms with E-state index in [0.717, 1.165) is 22.5 Å². The van der Waals surface area contributed by atoms with Gasteiger partial charge in [-0.3, -0.25) is 19.6 Å². The molecule has 0 atom stereocenters. The standard InChI is InChI=1S/C17H14N2O2/c20-11-9-18-16-7-5-14(6-8-16)13-15-3-1-2-4-17(15)19-10-12-21/h1-12H,13H2. The molecule has 0 saturated heterocycles. The van der Waals surface area contributed by atoms with Crippen LogP contribution in [0.5, 0.6) is 0 Å². The van der Waals surface area contributed by atoms with Gasteiger partial charge < -0.3 is 0 Å². The van der Waals surface area contributed by atoms with Gasteiger partial charge in [-0.25, -0.2) is 0 Å². The summed E-state index contributed by atoms with van der Waals surface area (Å²) in [6, 6.07) is 15.3. The number of nitrogens with zero attached hydrogens (tertiary/aromatic N) is 2. The first-order valence-electron chi connectivity index (χ1n) is 6.46. The molecule has 104 valence electrons. The van der Waals surface area contributed by atoms with Gasteiger partial charge in [-0.15, -0.1) is 0 Å². The molecule has 21 heavy (non-hydrogen) atoms. The Morgan fingerprint density at radius 1 is 0.810 bits per heavy atom. The Morgan fingerprint density at radius 2 is 1.48 bits per heavy atom. The summed E-state index contributed by atoms with van der Waals surface area (Å²) in [4.78, 5) is 28.7. The van der Waals surface area contributed by atoms with Crippen LogP contribution in [0, 0.1) is 0 Å². The van der Waals surface area contributed by atoms with E-state index in [1.54, 1.807) is 0 Å². The molecule has 0 aromatic heterocycles. The second-order valence-corrected chi connectivity index (χ2v) is 4.30. The van der Waals surface area contributed by atoms with Crippen LogP contribution in [0.3, 0.4) is 0 Å². The molecular formula is C17H14N2O2. The fourth-order valence-electron chi connectivity index (χ4n) is 1.93. The van der Waals surface area contributed by atoms with Crippen molar-refractivity contribution in [2.45, 2.75) is 6.42 Å². The van der Waals surface area contributed by atoms with E-state index in [2.05, 4.69) is 9.98 Å². The molecule has 0 bridgehead atoms. The summed E-state index contributed by atoms with van der Waals surface area (Å²) < 4.78 is 0. The van der Waals surface area contributed by atoms with E-state index in [1.807, 2.05) is 48.5 Å². The van der Waals surface area contributed by atoms with Crippen molar-refractivity contribution in [2.75, 3.05) is 0 Å². The number of rotatable bonds is 6. The number of para-hydroxylation sites is 1. The highest BCUT2D eigenvalue weighted by atomic mass is 16.1. The smallest absolute Gasteiger partial charge is 0.161 e. The van der Waals surface area contributed by atoms with Gasteiger partial charge >= 0.3 is 0 Å². The van der Waals surface area contributed by atoms with Crippen LogP contribution >= 0.6 is 0 Å². The molecule has 4 nitrogen and oxygen atoms in total. The molecule has 2 aromatic carbocycles.